The van der Waals surface area contributed by atoms with Crippen LogP contribution < -0.4 is 5.32 Å². The van der Waals surface area contributed by atoms with Gasteiger partial charge in [-0.05, 0) is 59.5 Å². The van der Waals surface area contributed by atoms with E-state index in [1.807, 2.05) is 24.3 Å². The molecule has 0 saturated heterocycles. The molecular formula is C25H29NO5. The minimum Gasteiger partial charge on any atom is -0.508 e. The molecule has 0 radical (unpaired) electrons. The summed E-state index contributed by atoms with van der Waals surface area (Å²) in [6.07, 6.45) is 0.0984. The maximum absolute atomic E-state index is 10.3. The largest absolute Gasteiger partial charge is 0.508 e. The van der Waals surface area contributed by atoms with E-state index in [0.717, 1.165) is 17.5 Å². The predicted octanol–water partition coefficient (Wildman–Crippen LogP) is 3.17. The molecule has 1 atom stereocenters. The number of aromatic hydroxyl groups is 2. The highest BCUT2D eigenvalue weighted by molar-refractivity contribution is 5.36. The van der Waals surface area contributed by atoms with Gasteiger partial charge in [0.15, 0.2) is 0 Å². The molecule has 0 aromatic heterocycles. The van der Waals surface area contributed by atoms with Gasteiger partial charge in [-0.1, -0.05) is 42.5 Å². The molecule has 3 aromatic carbocycles. The lowest BCUT2D eigenvalue weighted by molar-refractivity contribution is 0.107. The third kappa shape index (κ3) is 7.08. The van der Waals surface area contributed by atoms with Crippen LogP contribution >= 0.6 is 0 Å². The van der Waals surface area contributed by atoms with Crippen molar-refractivity contribution >= 4 is 0 Å². The van der Waals surface area contributed by atoms with Crippen molar-refractivity contribution in [2.24, 2.45) is 0 Å². The maximum atomic E-state index is 10.3. The van der Waals surface area contributed by atoms with Gasteiger partial charge in [0, 0.05) is 12.1 Å². The first-order valence-electron chi connectivity index (χ1n) is 10.3. The number of aliphatic hydroxyl groups excluding tert-OH is 2. The molecule has 0 bridgehead atoms. The van der Waals surface area contributed by atoms with E-state index in [-0.39, 0.29) is 18.1 Å². The van der Waals surface area contributed by atoms with Crippen LogP contribution in [0.25, 0.3) is 0 Å². The van der Waals surface area contributed by atoms with Crippen LogP contribution in [0.4, 0.5) is 0 Å². The summed E-state index contributed by atoms with van der Waals surface area (Å²) in [4.78, 5) is 0. The monoisotopic (exact) mass is 423 g/mol. The Morgan fingerprint density at radius 2 is 1.58 bits per heavy atom. The van der Waals surface area contributed by atoms with Crippen molar-refractivity contribution in [1.29, 1.82) is 0 Å². The Morgan fingerprint density at radius 1 is 0.839 bits per heavy atom. The van der Waals surface area contributed by atoms with E-state index < -0.39 is 6.10 Å². The van der Waals surface area contributed by atoms with Gasteiger partial charge >= 0.3 is 0 Å². The van der Waals surface area contributed by atoms with Crippen molar-refractivity contribution in [3.05, 3.63) is 94.5 Å². The Hall–Kier alpha value is -2.90. The number of hydrogen-bond acceptors (Lipinski definition) is 6. The van der Waals surface area contributed by atoms with Gasteiger partial charge in [-0.3, -0.25) is 0 Å². The number of benzene rings is 3. The Morgan fingerprint density at radius 3 is 2.35 bits per heavy atom. The lowest BCUT2D eigenvalue weighted by Crippen LogP contribution is -2.23. The number of ether oxygens (including phenoxy) is 1. The van der Waals surface area contributed by atoms with Gasteiger partial charge in [0.2, 0.25) is 0 Å². The zero-order valence-corrected chi connectivity index (χ0v) is 17.4. The number of phenols is 2. The summed E-state index contributed by atoms with van der Waals surface area (Å²) in [5.74, 6) is 0.272. The van der Waals surface area contributed by atoms with Crippen molar-refractivity contribution in [2.75, 3.05) is 13.1 Å². The standard InChI is InChI=1S/C25H29NO5/c27-15-22-13-21(6-9-24(22)29)25(30)14-26-11-10-18-2-1-3-20(12-18)17-31-16-19-4-7-23(28)8-5-19/h1-9,12-13,25-30H,10-11,14-17H2/t25-/m0/s1. The minimum absolute atomic E-state index is 0.0262. The summed E-state index contributed by atoms with van der Waals surface area (Å²) < 4.78 is 5.77. The summed E-state index contributed by atoms with van der Waals surface area (Å²) in [7, 11) is 0. The molecule has 3 rings (SSSR count). The summed E-state index contributed by atoms with van der Waals surface area (Å²) in [5, 5.41) is 41.7. The minimum atomic E-state index is -0.717. The quantitative estimate of drug-likeness (QED) is 0.304. The second-order valence-corrected chi connectivity index (χ2v) is 7.50. The molecule has 0 unspecified atom stereocenters. The molecule has 0 spiro atoms. The molecule has 164 valence electrons. The molecule has 6 heteroatoms. The molecule has 6 nitrogen and oxygen atoms in total. The zero-order chi connectivity index (χ0) is 22.1. The van der Waals surface area contributed by atoms with Crippen molar-refractivity contribution in [3.8, 4) is 11.5 Å². The van der Waals surface area contributed by atoms with Gasteiger partial charge < -0.3 is 30.5 Å². The van der Waals surface area contributed by atoms with Crippen LogP contribution in [0.1, 0.15) is 33.9 Å². The van der Waals surface area contributed by atoms with E-state index in [1.165, 1.54) is 11.6 Å². The third-order valence-electron chi connectivity index (χ3n) is 5.05. The van der Waals surface area contributed by atoms with Gasteiger partial charge in [0.1, 0.15) is 11.5 Å². The molecule has 0 aliphatic rings. The second-order valence-electron chi connectivity index (χ2n) is 7.50. The predicted molar refractivity (Wildman–Crippen MR) is 119 cm³/mol. The van der Waals surface area contributed by atoms with Crippen LogP contribution in [0.5, 0.6) is 11.5 Å². The highest BCUT2D eigenvalue weighted by Crippen LogP contribution is 2.22. The van der Waals surface area contributed by atoms with Gasteiger partial charge in [-0.2, -0.15) is 0 Å². The zero-order valence-electron chi connectivity index (χ0n) is 17.4. The molecule has 31 heavy (non-hydrogen) atoms. The molecule has 0 heterocycles. The van der Waals surface area contributed by atoms with Crippen LogP contribution in [0.15, 0.2) is 66.7 Å². The number of hydrogen-bond donors (Lipinski definition) is 5. The van der Waals surface area contributed by atoms with Crippen molar-refractivity contribution < 1.29 is 25.2 Å². The van der Waals surface area contributed by atoms with E-state index in [0.29, 0.717) is 37.4 Å². The highest BCUT2D eigenvalue weighted by atomic mass is 16.5. The van der Waals surface area contributed by atoms with Crippen LogP contribution in [-0.4, -0.2) is 33.5 Å². The fraction of sp³-hybridized carbons (Fsp3) is 0.280. The topological polar surface area (TPSA) is 102 Å². The normalized spacial score (nSPS) is 12.1. The van der Waals surface area contributed by atoms with Gasteiger partial charge in [-0.25, -0.2) is 0 Å². The first-order chi connectivity index (χ1) is 15.0. The van der Waals surface area contributed by atoms with Crippen molar-refractivity contribution in [2.45, 2.75) is 32.3 Å². The summed E-state index contributed by atoms with van der Waals surface area (Å²) in [6.45, 7) is 1.81. The smallest absolute Gasteiger partial charge is 0.121 e. The van der Waals surface area contributed by atoms with Gasteiger partial charge in [-0.15, -0.1) is 0 Å². The SMILES string of the molecule is OCc1cc([C@@H](O)CNCCc2cccc(COCc3ccc(O)cc3)c2)ccc1O. The molecule has 0 aliphatic heterocycles. The molecule has 5 N–H and O–H groups in total. The van der Waals surface area contributed by atoms with Crippen LogP contribution in [0.2, 0.25) is 0 Å². The molecule has 3 aromatic rings. The second kappa shape index (κ2) is 11.5. The Balaban J connectivity index is 1.41. The van der Waals surface area contributed by atoms with Crippen molar-refractivity contribution in [3.63, 3.8) is 0 Å². The summed E-state index contributed by atoms with van der Waals surface area (Å²) >= 11 is 0. The number of rotatable bonds is 11. The van der Waals surface area contributed by atoms with Gasteiger partial charge in [0.25, 0.3) is 0 Å². The van der Waals surface area contributed by atoms with E-state index in [9.17, 15) is 20.4 Å². The van der Waals surface area contributed by atoms with E-state index in [2.05, 4.69) is 17.4 Å². The lowest BCUT2D eigenvalue weighted by Gasteiger charge is -2.14. The maximum Gasteiger partial charge on any atom is 0.121 e. The van der Waals surface area contributed by atoms with Gasteiger partial charge in [0.05, 0.1) is 25.9 Å². The van der Waals surface area contributed by atoms with Crippen LogP contribution in [0.3, 0.4) is 0 Å². The lowest BCUT2D eigenvalue weighted by atomic mass is 10.0. The van der Waals surface area contributed by atoms with Crippen LogP contribution in [-0.2, 0) is 31.0 Å². The average molecular weight is 424 g/mol. The first kappa shape index (κ1) is 22.8. The van der Waals surface area contributed by atoms with Crippen molar-refractivity contribution in [1.82, 2.24) is 5.32 Å². The molecule has 0 aliphatic carbocycles. The first-order valence-corrected chi connectivity index (χ1v) is 10.3. The average Bonchev–Trinajstić information content (AvgIpc) is 2.78. The molecule has 0 fully saturated rings. The Labute approximate surface area is 182 Å². The number of phenolic OH excluding ortho intramolecular Hbond substituents is 1. The van der Waals surface area contributed by atoms with Crippen LogP contribution in [0, 0.1) is 0 Å². The fourth-order valence-corrected chi connectivity index (χ4v) is 3.28. The highest BCUT2D eigenvalue weighted by Gasteiger charge is 2.10. The number of aliphatic hydroxyl groups is 2. The molecule has 0 saturated carbocycles. The Bertz CT molecular complexity index is 958. The third-order valence-corrected chi connectivity index (χ3v) is 5.05. The molecule has 0 amide bonds. The summed E-state index contributed by atoms with van der Waals surface area (Å²) in [5.41, 5.74) is 4.34. The van der Waals surface area contributed by atoms with E-state index >= 15 is 0 Å². The Kier molecular flexibility index (Phi) is 8.44. The number of nitrogens with one attached hydrogen (secondary N) is 1. The van der Waals surface area contributed by atoms with E-state index in [4.69, 9.17) is 4.74 Å². The van der Waals surface area contributed by atoms with E-state index in [1.54, 1.807) is 24.3 Å². The summed E-state index contributed by atoms with van der Waals surface area (Å²) in [6, 6.07) is 20.0. The fourth-order valence-electron chi connectivity index (χ4n) is 3.28. The molecular weight excluding hydrogens is 394 g/mol.